The lowest BCUT2D eigenvalue weighted by atomic mass is 10.2. The zero-order valence-electron chi connectivity index (χ0n) is 8.55. The maximum absolute atomic E-state index is 6.19. The van der Waals surface area contributed by atoms with Crippen molar-refractivity contribution in [2.24, 2.45) is 5.92 Å². The fourth-order valence-corrected chi connectivity index (χ4v) is 2.20. The zero-order valence-corrected chi connectivity index (χ0v) is 10.1. The molecule has 0 aliphatic heterocycles. The molecule has 0 spiro atoms. The van der Waals surface area contributed by atoms with Crippen LogP contribution < -0.4 is 5.32 Å². The van der Waals surface area contributed by atoms with E-state index in [1.165, 1.54) is 18.4 Å². The molecule has 1 fully saturated rings. The molecule has 1 N–H and O–H groups in total. The quantitative estimate of drug-likeness (QED) is 0.782. The maximum atomic E-state index is 6.19. The van der Waals surface area contributed by atoms with E-state index in [1.807, 2.05) is 18.2 Å². The van der Waals surface area contributed by atoms with Crippen molar-refractivity contribution in [1.82, 2.24) is 5.32 Å². The van der Waals surface area contributed by atoms with Crippen LogP contribution in [0.3, 0.4) is 0 Å². The van der Waals surface area contributed by atoms with Crippen LogP contribution >= 0.6 is 23.2 Å². The van der Waals surface area contributed by atoms with Crippen LogP contribution in [0.25, 0.3) is 0 Å². The Balaban J connectivity index is 1.73. The van der Waals surface area contributed by atoms with E-state index in [-0.39, 0.29) is 0 Å². The number of alkyl halides is 1. The summed E-state index contributed by atoms with van der Waals surface area (Å²) in [5, 5.41) is 4.45. The molecule has 0 aromatic heterocycles. The van der Waals surface area contributed by atoms with Gasteiger partial charge < -0.3 is 5.32 Å². The largest absolute Gasteiger partial charge is 0.311 e. The van der Waals surface area contributed by atoms with Gasteiger partial charge in [-0.1, -0.05) is 23.7 Å². The van der Waals surface area contributed by atoms with E-state index >= 15 is 0 Å². The maximum Gasteiger partial charge on any atom is 0.0488 e. The molecule has 82 valence electrons. The standard InChI is InChI=1S/C12H15Cl2N/c13-11-3-1-2-9(6-11)7-15-8-12(14)10-4-5-10/h1-3,6,10,12,15H,4-5,7-8H2. The van der Waals surface area contributed by atoms with Crippen molar-refractivity contribution in [3.05, 3.63) is 34.9 Å². The van der Waals surface area contributed by atoms with Gasteiger partial charge in [0.1, 0.15) is 0 Å². The first-order chi connectivity index (χ1) is 7.25. The van der Waals surface area contributed by atoms with Crippen LogP contribution in [0.4, 0.5) is 0 Å². The Kier molecular flexibility index (Phi) is 3.90. The van der Waals surface area contributed by atoms with Crippen molar-refractivity contribution in [3.8, 4) is 0 Å². The Hall–Kier alpha value is -0.240. The molecule has 0 bridgehead atoms. The van der Waals surface area contributed by atoms with E-state index in [0.29, 0.717) is 5.38 Å². The van der Waals surface area contributed by atoms with Crippen LogP contribution in [-0.2, 0) is 6.54 Å². The van der Waals surface area contributed by atoms with Gasteiger partial charge in [-0.2, -0.15) is 0 Å². The molecular formula is C12H15Cl2N. The van der Waals surface area contributed by atoms with Gasteiger partial charge in [0.25, 0.3) is 0 Å². The van der Waals surface area contributed by atoms with Crippen LogP contribution in [0.15, 0.2) is 24.3 Å². The predicted octanol–water partition coefficient (Wildman–Crippen LogP) is 3.45. The number of benzene rings is 1. The summed E-state index contributed by atoms with van der Waals surface area (Å²) in [4.78, 5) is 0. The molecule has 1 nitrogen and oxygen atoms in total. The molecule has 1 aromatic carbocycles. The Bertz CT molecular complexity index is 323. The first-order valence-corrected chi connectivity index (χ1v) is 6.16. The highest BCUT2D eigenvalue weighted by atomic mass is 35.5. The van der Waals surface area contributed by atoms with Crippen molar-refractivity contribution in [2.75, 3.05) is 6.54 Å². The van der Waals surface area contributed by atoms with E-state index in [0.717, 1.165) is 24.0 Å². The van der Waals surface area contributed by atoms with Crippen molar-refractivity contribution >= 4 is 23.2 Å². The normalized spacial score (nSPS) is 17.7. The molecule has 0 saturated heterocycles. The Labute approximate surface area is 101 Å². The lowest BCUT2D eigenvalue weighted by Gasteiger charge is -2.09. The molecule has 2 rings (SSSR count). The van der Waals surface area contributed by atoms with Gasteiger partial charge >= 0.3 is 0 Å². The van der Waals surface area contributed by atoms with Gasteiger partial charge in [0.15, 0.2) is 0 Å². The molecule has 1 atom stereocenters. The fourth-order valence-electron chi connectivity index (χ4n) is 1.63. The predicted molar refractivity (Wildman–Crippen MR) is 65.5 cm³/mol. The average molecular weight is 244 g/mol. The summed E-state index contributed by atoms with van der Waals surface area (Å²) < 4.78 is 0. The Morgan fingerprint density at radius 1 is 1.40 bits per heavy atom. The molecule has 1 aliphatic rings. The van der Waals surface area contributed by atoms with Gasteiger partial charge in [-0.15, -0.1) is 11.6 Å². The van der Waals surface area contributed by atoms with Gasteiger partial charge in [-0.05, 0) is 36.5 Å². The number of hydrogen-bond acceptors (Lipinski definition) is 1. The molecule has 1 aromatic rings. The first kappa shape index (κ1) is 11.3. The van der Waals surface area contributed by atoms with Gasteiger partial charge in [-0.25, -0.2) is 0 Å². The molecule has 3 heteroatoms. The SMILES string of the molecule is Clc1cccc(CNCC(Cl)C2CC2)c1. The lowest BCUT2D eigenvalue weighted by molar-refractivity contribution is 0.620. The summed E-state index contributed by atoms with van der Waals surface area (Å²) >= 11 is 12.1. The Morgan fingerprint density at radius 3 is 2.87 bits per heavy atom. The molecule has 0 amide bonds. The number of rotatable bonds is 5. The minimum absolute atomic E-state index is 0.296. The molecule has 15 heavy (non-hydrogen) atoms. The van der Waals surface area contributed by atoms with Crippen LogP contribution in [0.5, 0.6) is 0 Å². The van der Waals surface area contributed by atoms with Crippen molar-refractivity contribution in [2.45, 2.75) is 24.8 Å². The van der Waals surface area contributed by atoms with Crippen LogP contribution in [0.2, 0.25) is 5.02 Å². The highest BCUT2D eigenvalue weighted by Crippen LogP contribution is 2.35. The molecule has 0 radical (unpaired) electrons. The van der Waals surface area contributed by atoms with Crippen molar-refractivity contribution < 1.29 is 0 Å². The summed E-state index contributed by atoms with van der Waals surface area (Å²) in [5.74, 6) is 0.749. The minimum atomic E-state index is 0.296. The molecule has 1 unspecified atom stereocenters. The summed E-state index contributed by atoms with van der Waals surface area (Å²) in [6.07, 6.45) is 2.60. The van der Waals surface area contributed by atoms with E-state index < -0.39 is 0 Å². The third kappa shape index (κ3) is 3.67. The summed E-state index contributed by atoms with van der Waals surface area (Å²) in [6.45, 7) is 1.73. The van der Waals surface area contributed by atoms with Crippen molar-refractivity contribution in [3.63, 3.8) is 0 Å². The number of halogens is 2. The smallest absolute Gasteiger partial charge is 0.0488 e. The highest BCUT2D eigenvalue weighted by Gasteiger charge is 2.28. The molecule has 0 heterocycles. The lowest BCUT2D eigenvalue weighted by Crippen LogP contribution is -2.24. The summed E-state index contributed by atoms with van der Waals surface area (Å²) in [5.41, 5.74) is 1.21. The highest BCUT2D eigenvalue weighted by molar-refractivity contribution is 6.30. The van der Waals surface area contributed by atoms with Gasteiger partial charge in [0.05, 0.1) is 0 Å². The van der Waals surface area contributed by atoms with E-state index in [1.54, 1.807) is 0 Å². The van der Waals surface area contributed by atoms with Crippen LogP contribution in [-0.4, -0.2) is 11.9 Å². The van der Waals surface area contributed by atoms with E-state index in [2.05, 4.69) is 11.4 Å². The van der Waals surface area contributed by atoms with E-state index in [4.69, 9.17) is 23.2 Å². The van der Waals surface area contributed by atoms with Gasteiger partial charge in [-0.3, -0.25) is 0 Å². The van der Waals surface area contributed by atoms with Gasteiger partial charge in [0, 0.05) is 23.5 Å². The number of nitrogens with one attached hydrogen (secondary N) is 1. The molecular weight excluding hydrogens is 229 g/mol. The summed E-state index contributed by atoms with van der Waals surface area (Å²) in [7, 11) is 0. The monoisotopic (exact) mass is 243 g/mol. The summed E-state index contributed by atoms with van der Waals surface area (Å²) in [6, 6.07) is 7.91. The van der Waals surface area contributed by atoms with Crippen LogP contribution in [0, 0.1) is 5.92 Å². The molecule has 1 aliphatic carbocycles. The third-order valence-corrected chi connectivity index (χ3v) is 3.44. The fraction of sp³-hybridized carbons (Fsp3) is 0.500. The topological polar surface area (TPSA) is 12.0 Å². The second-order valence-corrected chi connectivity index (χ2v) is 5.11. The second kappa shape index (κ2) is 5.20. The minimum Gasteiger partial charge on any atom is -0.311 e. The molecule has 1 saturated carbocycles. The third-order valence-electron chi connectivity index (χ3n) is 2.69. The van der Waals surface area contributed by atoms with Gasteiger partial charge in [0.2, 0.25) is 0 Å². The zero-order chi connectivity index (χ0) is 10.7. The van der Waals surface area contributed by atoms with Crippen molar-refractivity contribution in [1.29, 1.82) is 0 Å². The Morgan fingerprint density at radius 2 is 2.20 bits per heavy atom. The average Bonchev–Trinajstić information content (AvgIpc) is 3.00. The first-order valence-electron chi connectivity index (χ1n) is 5.35. The van der Waals surface area contributed by atoms with Crippen LogP contribution in [0.1, 0.15) is 18.4 Å². The second-order valence-electron chi connectivity index (χ2n) is 4.11. The number of hydrogen-bond donors (Lipinski definition) is 1. The van der Waals surface area contributed by atoms with E-state index in [9.17, 15) is 0 Å².